The highest BCUT2D eigenvalue weighted by molar-refractivity contribution is 5.89. The first kappa shape index (κ1) is 15.2. The number of nitrogens with one attached hydrogen (secondary N) is 2. The van der Waals surface area contributed by atoms with E-state index in [4.69, 9.17) is 9.47 Å². The van der Waals surface area contributed by atoms with Crippen molar-refractivity contribution in [3.63, 3.8) is 0 Å². The number of piperazine rings is 1. The largest absolute Gasteiger partial charge is 0.382 e. The molecule has 3 rings (SSSR count). The Kier molecular flexibility index (Phi) is 4.87. The van der Waals surface area contributed by atoms with Crippen molar-refractivity contribution in [3.8, 4) is 0 Å². The fourth-order valence-electron chi connectivity index (χ4n) is 2.87. The molecule has 3 heterocycles. The molecular weight excluding hydrogens is 284 g/mol. The normalized spacial score (nSPS) is 21.3. The van der Waals surface area contributed by atoms with Gasteiger partial charge in [0, 0.05) is 44.4 Å². The highest BCUT2D eigenvalue weighted by Crippen LogP contribution is 2.19. The summed E-state index contributed by atoms with van der Waals surface area (Å²) in [4.78, 5) is 18.7. The lowest BCUT2D eigenvalue weighted by Gasteiger charge is -2.35. The van der Waals surface area contributed by atoms with Crippen molar-refractivity contribution in [1.82, 2.24) is 15.2 Å². The minimum absolute atomic E-state index is 0.0488. The Hall–Kier alpha value is -1.70. The van der Waals surface area contributed by atoms with Gasteiger partial charge in [-0.2, -0.15) is 0 Å². The first-order chi connectivity index (χ1) is 10.8. The molecule has 1 saturated heterocycles. The number of hydrogen-bond donors (Lipinski definition) is 2. The molecule has 2 aliphatic rings. The smallest absolute Gasteiger partial charge is 0.322 e. The van der Waals surface area contributed by atoms with Crippen LogP contribution < -0.4 is 10.6 Å². The average molecular weight is 306 g/mol. The third-order valence-corrected chi connectivity index (χ3v) is 4.02. The van der Waals surface area contributed by atoms with Gasteiger partial charge in [-0.3, -0.25) is 4.98 Å². The van der Waals surface area contributed by atoms with Crippen LogP contribution in [0.5, 0.6) is 0 Å². The zero-order valence-electron chi connectivity index (χ0n) is 12.8. The van der Waals surface area contributed by atoms with Crippen molar-refractivity contribution < 1.29 is 14.3 Å². The Balaban J connectivity index is 1.67. The number of ether oxygens (including phenoxy) is 2. The number of amides is 2. The van der Waals surface area contributed by atoms with Crippen LogP contribution in [0.4, 0.5) is 10.5 Å². The van der Waals surface area contributed by atoms with Crippen LogP contribution in [0, 0.1) is 0 Å². The zero-order valence-corrected chi connectivity index (χ0v) is 12.8. The van der Waals surface area contributed by atoms with E-state index in [1.54, 1.807) is 13.3 Å². The van der Waals surface area contributed by atoms with E-state index in [2.05, 4.69) is 15.6 Å². The SMILES string of the molecule is COCC1CNCCN1C(=O)Nc1cnc2c(c1)COCC2. The molecule has 1 atom stereocenters. The first-order valence-corrected chi connectivity index (χ1v) is 7.60. The van der Waals surface area contributed by atoms with Crippen LogP contribution in [0.3, 0.4) is 0 Å². The molecule has 1 aromatic rings. The molecule has 0 saturated carbocycles. The van der Waals surface area contributed by atoms with E-state index in [0.29, 0.717) is 32.1 Å². The minimum atomic E-state index is -0.109. The van der Waals surface area contributed by atoms with Crippen molar-refractivity contribution in [2.45, 2.75) is 19.1 Å². The Bertz CT molecular complexity index is 536. The maximum Gasteiger partial charge on any atom is 0.322 e. The molecule has 0 aliphatic carbocycles. The Morgan fingerprint density at radius 1 is 1.64 bits per heavy atom. The first-order valence-electron chi connectivity index (χ1n) is 7.60. The summed E-state index contributed by atoms with van der Waals surface area (Å²) in [6.07, 6.45) is 2.55. The minimum Gasteiger partial charge on any atom is -0.382 e. The van der Waals surface area contributed by atoms with Gasteiger partial charge in [-0.05, 0) is 6.07 Å². The predicted octanol–water partition coefficient (Wildman–Crippen LogP) is 0.606. The Morgan fingerprint density at radius 3 is 3.41 bits per heavy atom. The molecule has 0 radical (unpaired) electrons. The summed E-state index contributed by atoms with van der Waals surface area (Å²) in [5, 5.41) is 6.21. The van der Waals surface area contributed by atoms with Crippen LogP contribution in [0.1, 0.15) is 11.3 Å². The van der Waals surface area contributed by atoms with Crippen molar-refractivity contribution in [2.75, 3.05) is 45.3 Å². The summed E-state index contributed by atoms with van der Waals surface area (Å²) in [6, 6.07) is 1.89. The fraction of sp³-hybridized carbons (Fsp3) is 0.600. The van der Waals surface area contributed by atoms with Crippen molar-refractivity contribution in [3.05, 3.63) is 23.5 Å². The molecule has 2 N–H and O–H groups in total. The molecule has 1 unspecified atom stereocenters. The number of carbonyl (C=O) groups is 1. The van der Waals surface area contributed by atoms with Gasteiger partial charge in [-0.25, -0.2) is 4.79 Å². The maximum atomic E-state index is 12.5. The van der Waals surface area contributed by atoms with E-state index in [-0.39, 0.29) is 12.1 Å². The second-order valence-corrected chi connectivity index (χ2v) is 5.57. The van der Waals surface area contributed by atoms with Crippen LogP contribution in [-0.4, -0.2) is 61.9 Å². The van der Waals surface area contributed by atoms with Crippen LogP contribution in [-0.2, 0) is 22.5 Å². The number of hydrogen-bond acceptors (Lipinski definition) is 5. The quantitative estimate of drug-likeness (QED) is 0.855. The fourth-order valence-corrected chi connectivity index (χ4v) is 2.87. The van der Waals surface area contributed by atoms with E-state index in [1.165, 1.54) is 0 Å². The molecule has 0 aromatic carbocycles. The van der Waals surface area contributed by atoms with Crippen LogP contribution in [0.2, 0.25) is 0 Å². The maximum absolute atomic E-state index is 12.5. The standard InChI is InChI=1S/C15H22N4O3/c1-21-10-13-8-16-3-4-19(13)15(20)18-12-6-11-9-22-5-2-14(11)17-7-12/h6-7,13,16H,2-5,8-10H2,1H3,(H,18,20). The van der Waals surface area contributed by atoms with Crippen molar-refractivity contribution >= 4 is 11.7 Å². The number of aromatic nitrogens is 1. The Labute approximate surface area is 130 Å². The summed E-state index contributed by atoms with van der Waals surface area (Å²) in [7, 11) is 1.65. The molecule has 7 nitrogen and oxygen atoms in total. The summed E-state index contributed by atoms with van der Waals surface area (Å²) in [5.41, 5.74) is 2.82. The molecule has 0 spiro atoms. The number of methoxy groups -OCH3 is 1. The molecule has 0 bridgehead atoms. The molecular formula is C15H22N4O3. The number of rotatable bonds is 3. The summed E-state index contributed by atoms with van der Waals surface area (Å²) >= 11 is 0. The van der Waals surface area contributed by atoms with Gasteiger partial charge in [-0.15, -0.1) is 0 Å². The number of anilines is 1. The van der Waals surface area contributed by atoms with Crippen molar-refractivity contribution in [1.29, 1.82) is 0 Å². The van der Waals surface area contributed by atoms with E-state index >= 15 is 0 Å². The molecule has 7 heteroatoms. The summed E-state index contributed by atoms with van der Waals surface area (Å²) in [6.45, 7) is 4.01. The van der Waals surface area contributed by atoms with Gasteiger partial charge in [0.05, 0.1) is 37.7 Å². The molecule has 2 amide bonds. The Morgan fingerprint density at radius 2 is 2.55 bits per heavy atom. The number of fused-ring (bicyclic) bond motifs is 1. The topological polar surface area (TPSA) is 75.7 Å². The summed E-state index contributed by atoms with van der Waals surface area (Å²) in [5.74, 6) is 0. The second kappa shape index (κ2) is 7.04. The molecule has 2 aliphatic heterocycles. The van der Waals surface area contributed by atoms with Crippen molar-refractivity contribution in [2.24, 2.45) is 0 Å². The molecule has 22 heavy (non-hydrogen) atoms. The van der Waals surface area contributed by atoms with Gasteiger partial charge >= 0.3 is 6.03 Å². The highest BCUT2D eigenvalue weighted by Gasteiger charge is 2.26. The molecule has 1 aromatic heterocycles. The monoisotopic (exact) mass is 306 g/mol. The molecule has 120 valence electrons. The van der Waals surface area contributed by atoms with Gasteiger partial charge in [0.15, 0.2) is 0 Å². The third-order valence-electron chi connectivity index (χ3n) is 4.02. The lowest BCUT2D eigenvalue weighted by atomic mass is 10.1. The lowest BCUT2D eigenvalue weighted by molar-refractivity contribution is 0.0950. The number of nitrogens with zero attached hydrogens (tertiary/aromatic N) is 2. The average Bonchev–Trinajstić information content (AvgIpc) is 2.55. The van der Waals surface area contributed by atoms with Gasteiger partial charge in [0.2, 0.25) is 0 Å². The zero-order chi connectivity index (χ0) is 15.4. The second-order valence-electron chi connectivity index (χ2n) is 5.57. The highest BCUT2D eigenvalue weighted by atomic mass is 16.5. The number of urea groups is 1. The van der Waals surface area contributed by atoms with E-state index in [9.17, 15) is 4.79 Å². The van der Waals surface area contributed by atoms with Crippen LogP contribution in [0.15, 0.2) is 12.3 Å². The van der Waals surface area contributed by atoms with Crippen LogP contribution in [0.25, 0.3) is 0 Å². The van der Waals surface area contributed by atoms with E-state index in [0.717, 1.165) is 30.8 Å². The van der Waals surface area contributed by atoms with Gasteiger partial charge in [0.25, 0.3) is 0 Å². The van der Waals surface area contributed by atoms with Crippen LogP contribution >= 0.6 is 0 Å². The third kappa shape index (κ3) is 3.37. The summed E-state index contributed by atoms with van der Waals surface area (Å²) < 4.78 is 10.6. The number of carbonyl (C=O) groups excluding carboxylic acids is 1. The molecule has 1 fully saturated rings. The van der Waals surface area contributed by atoms with E-state index < -0.39 is 0 Å². The van der Waals surface area contributed by atoms with Gasteiger partial charge in [-0.1, -0.05) is 0 Å². The van der Waals surface area contributed by atoms with Gasteiger partial charge in [0.1, 0.15) is 0 Å². The number of pyridine rings is 1. The predicted molar refractivity (Wildman–Crippen MR) is 81.9 cm³/mol. The van der Waals surface area contributed by atoms with E-state index in [1.807, 2.05) is 11.0 Å². The lowest BCUT2D eigenvalue weighted by Crippen LogP contribution is -2.56. The van der Waals surface area contributed by atoms with Gasteiger partial charge < -0.3 is 25.0 Å².